The van der Waals surface area contributed by atoms with Crippen molar-refractivity contribution >= 4 is 19.8 Å². The number of carbonyl (C=O) groups is 2. The molecule has 0 amide bonds. The number of hydrogen-bond acceptors (Lipinski definition) is 7. The highest BCUT2D eigenvalue weighted by Crippen LogP contribution is 2.43. The molecule has 0 aliphatic carbocycles. The van der Waals surface area contributed by atoms with Gasteiger partial charge < -0.3 is 18.9 Å². The average Bonchev–Trinajstić information content (AvgIpc) is 3.30. The van der Waals surface area contributed by atoms with E-state index in [1.54, 1.807) is 0 Å². The third-order valence-corrected chi connectivity index (χ3v) is 10.9. The average molecular weight is 963 g/mol. The molecule has 10 heteroatoms. The molecule has 0 bridgehead atoms. The topological polar surface area (TPSA) is 108 Å². The molecular formula is C58H93NO8P+. The van der Waals surface area contributed by atoms with E-state index in [0.29, 0.717) is 17.4 Å². The first kappa shape index (κ1) is 63.9. The fourth-order valence-corrected chi connectivity index (χ4v) is 6.68. The van der Waals surface area contributed by atoms with Crippen LogP contribution in [0.15, 0.2) is 146 Å². The normalized spacial score (nSPS) is 14.6. The lowest BCUT2D eigenvalue weighted by atomic mass is 10.1. The Bertz CT molecular complexity index is 1650. The molecule has 9 nitrogen and oxygen atoms in total. The molecule has 0 aromatic rings. The Morgan fingerprint density at radius 3 is 1.24 bits per heavy atom. The maximum Gasteiger partial charge on any atom is 0.472 e. The van der Waals surface area contributed by atoms with Crippen LogP contribution < -0.4 is 0 Å². The van der Waals surface area contributed by atoms with Gasteiger partial charge in [-0.15, -0.1) is 0 Å². The van der Waals surface area contributed by atoms with Crippen LogP contribution in [-0.4, -0.2) is 74.9 Å². The molecule has 0 aromatic carbocycles. The second-order valence-corrected chi connectivity index (χ2v) is 18.9. The number of nitrogens with zero attached hydrogens (tertiary/aromatic N) is 1. The van der Waals surface area contributed by atoms with Crippen molar-refractivity contribution in [1.29, 1.82) is 0 Å². The van der Waals surface area contributed by atoms with Crippen molar-refractivity contribution in [1.82, 2.24) is 0 Å². The summed E-state index contributed by atoms with van der Waals surface area (Å²) in [4.78, 5) is 35.1. The molecule has 2 atom stereocenters. The van der Waals surface area contributed by atoms with Gasteiger partial charge in [0.25, 0.3) is 0 Å². The molecule has 0 rings (SSSR count). The number of carbonyl (C=O) groups excluding carboxylic acids is 2. The van der Waals surface area contributed by atoms with E-state index in [9.17, 15) is 19.0 Å². The van der Waals surface area contributed by atoms with E-state index in [1.165, 1.54) is 0 Å². The van der Waals surface area contributed by atoms with Crippen molar-refractivity contribution in [2.75, 3.05) is 47.5 Å². The Labute approximate surface area is 414 Å². The monoisotopic (exact) mass is 963 g/mol. The molecule has 0 aliphatic heterocycles. The van der Waals surface area contributed by atoms with E-state index >= 15 is 0 Å². The van der Waals surface area contributed by atoms with Crippen molar-refractivity contribution < 1.29 is 42.1 Å². The van der Waals surface area contributed by atoms with E-state index in [-0.39, 0.29) is 26.1 Å². The fourth-order valence-electron chi connectivity index (χ4n) is 5.93. The molecule has 0 fully saturated rings. The van der Waals surface area contributed by atoms with Crippen LogP contribution in [0.3, 0.4) is 0 Å². The molecule has 0 radical (unpaired) electrons. The van der Waals surface area contributed by atoms with Crippen LogP contribution in [0.2, 0.25) is 0 Å². The first-order valence-corrected chi connectivity index (χ1v) is 27.1. The van der Waals surface area contributed by atoms with Gasteiger partial charge in [0.2, 0.25) is 0 Å². The largest absolute Gasteiger partial charge is 0.472 e. The minimum absolute atomic E-state index is 0.0155. The standard InChI is InChI=1S/C58H92NO8P/c1-6-8-10-12-13-14-15-16-17-18-19-20-21-22-23-24-25-26-27-28-29-30-31-32-33-34-35-36-37-38-39-40-41-42-43-44-45-47-49-51-58(61)67-56(54-64-57(60)50-48-46-11-9-7-2)55-66-68(62,63)65-53-52-59(3,4)5/h8,10,13-14,16-17,19-20,22-23,25-26,28-29,31-32,34-35,37-38,40-41,43-44,56H,6-7,9,11-12,15,18,21,24,27,30,33,36,39,42,45-55H2,1-5H3/p+1/b10-8-,14-13-,17-16-,20-19-,23-22-,26-25-,29-28-,32-31-,35-34-,38-37-,41-40-,44-43-. The Balaban J connectivity index is 4.13. The zero-order valence-corrected chi connectivity index (χ0v) is 43.9. The molecule has 0 saturated carbocycles. The quantitative estimate of drug-likeness (QED) is 0.0211. The summed E-state index contributed by atoms with van der Waals surface area (Å²) < 4.78 is 34.0. The van der Waals surface area contributed by atoms with E-state index in [2.05, 4.69) is 160 Å². The summed E-state index contributed by atoms with van der Waals surface area (Å²) in [6, 6.07) is 0. The van der Waals surface area contributed by atoms with Crippen molar-refractivity contribution in [2.24, 2.45) is 0 Å². The number of phosphoric acid groups is 1. The summed E-state index contributed by atoms with van der Waals surface area (Å²) in [5.74, 6) is -0.879. The van der Waals surface area contributed by atoms with Crippen LogP contribution in [0, 0.1) is 0 Å². The van der Waals surface area contributed by atoms with Gasteiger partial charge in [0.15, 0.2) is 6.10 Å². The number of esters is 2. The van der Waals surface area contributed by atoms with E-state index in [0.717, 1.165) is 122 Å². The van der Waals surface area contributed by atoms with Crippen molar-refractivity contribution in [3.05, 3.63) is 146 Å². The van der Waals surface area contributed by atoms with Crippen LogP contribution in [0.4, 0.5) is 0 Å². The molecule has 0 saturated heterocycles. The zero-order valence-electron chi connectivity index (χ0n) is 43.0. The number of quaternary nitrogens is 1. The fraction of sp³-hybridized carbons (Fsp3) is 0.552. The third-order valence-electron chi connectivity index (χ3n) is 9.88. The maximum atomic E-state index is 12.6. The third kappa shape index (κ3) is 51.3. The van der Waals surface area contributed by atoms with Crippen LogP contribution in [0.5, 0.6) is 0 Å². The van der Waals surface area contributed by atoms with Crippen LogP contribution in [0.25, 0.3) is 0 Å². The number of rotatable bonds is 44. The second kappa shape index (κ2) is 47.9. The van der Waals surface area contributed by atoms with Gasteiger partial charge in [-0.25, -0.2) is 4.57 Å². The van der Waals surface area contributed by atoms with Gasteiger partial charge in [-0.05, 0) is 103 Å². The van der Waals surface area contributed by atoms with Gasteiger partial charge in [0.1, 0.15) is 19.8 Å². The SMILES string of the molecule is CC/C=C\C/C=C\C/C=C\C/C=C\C/C=C\C/C=C\C/C=C\C/C=C\C/C=C\C/C=C\C/C=C\C/C=C\CCCCC(=O)OC(COC(=O)CCCCCCC)COP(=O)(O)OCC[N+](C)(C)C. The summed E-state index contributed by atoms with van der Waals surface area (Å²) in [5.41, 5.74) is 0. The first-order valence-electron chi connectivity index (χ1n) is 25.6. The molecule has 0 spiro atoms. The molecule has 0 aliphatic rings. The number of phosphoric ester groups is 1. The number of allylic oxidation sites excluding steroid dienone is 24. The highest BCUT2D eigenvalue weighted by atomic mass is 31.2. The van der Waals surface area contributed by atoms with Gasteiger partial charge in [-0.2, -0.15) is 0 Å². The highest BCUT2D eigenvalue weighted by molar-refractivity contribution is 7.47. The second-order valence-electron chi connectivity index (χ2n) is 17.5. The summed E-state index contributed by atoms with van der Waals surface area (Å²) >= 11 is 0. The van der Waals surface area contributed by atoms with Crippen molar-refractivity contribution in [3.63, 3.8) is 0 Å². The number of ether oxygens (including phenoxy) is 2. The molecule has 68 heavy (non-hydrogen) atoms. The molecule has 1 N–H and O–H groups in total. The zero-order chi connectivity index (χ0) is 49.9. The van der Waals surface area contributed by atoms with Gasteiger partial charge in [0.05, 0.1) is 27.7 Å². The summed E-state index contributed by atoms with van der Waals surface area (Å²) in [7, 11) is 1.42. The lowest BCUT2D eigenvalue weighted by Gasteiger charge is -2.24. The van der Waals surface area contributed by atoms with Crippen molar-refractivity contribution in [2.45, 2.75) is 161 Å². The first-order chi connectivity index (χ1) is 33.0. The lowest BCUT2D eigenvalue weighted by Crippen LogP contribution is -2.37. The summed E-state index contributed by atoms with van der Waals surface area (Å²) in [5, 5.41) is 0. The molecule has 0 aromatic heterocycles. The summed E-state index contributed by atoms with van der Waals surface area (Å²) in [6.07, 6.45) is 71.2. The molecule has 2 unspecified atom stereocenters. The summed E-state index contributed by atoms with van der Waals surface area (Å²) in [6.45, 7) is 4.12. The lowest BCUT2D eigenvalue weighted by molar-refractivity contribution is -0.870. The molecule has 0 heterocycles. The predicted octanol–water partition coefficient (Wildman–Crippen LogP) is 15.6. The number of likely N-dealkylation sites (N-methyl/N-ethyl adjacent to an activating group) is 1. The van der Waals surface area contributed by atoms with Gasteiger partial charge in [0, 0.05) is 12.8 Å². The molecular weight excluding hydrogens is 870 g/mol. The van der Waals surface area contributed by atoms with Gasteiger partial charge in [-0.1, -0.05) is 185 Å². The highest BCUT2D eigenvalue weighted by Gasteiger charge is 2.27. The molecule has 382 valence electrons. The van der Waals surface area contributed by atoms with Gasteiger partial charge in [-0.3, -0.25) is 18.6 Å². The van der Waals surface area contributed by atoms with Crippen LogP contribution in [-0.2, 0) is 32.7 Å². The number of hydrogen-bond donors (Lipinski definition) is 1. The van der Waals surface area contributed by atoms with Crippen molar-refractivity contribution in [3.8, 4) is 0 Å². The minimum atomic E-state index is -4.39. The van der Waals surface area contributed by atoms with E-state index in [4.69, 9.17) is 18.5 Å². The predicted molar refractivity (Wildman–Crippen MR) is 288 cm³/mol. The van der Waals surface area contributed by atoms with Crippen LogP contribution >= 0.6 is 7.82 Å². The number of unbranched alkanes of at least 4 members (excludes halogenated alkanes) is 6. The Morgan fingerprint density at radius 2 is 0.838 bits per heavy atom. The Kier molecular flexibility index (Phi) is 45.0. The van der Waals surface area contributed by atoms with Crippen LogP contribution in [0.1, 0.15) is 155 Å². The minimum Gasteiger partial charge on any atom is -0.462 e. The van der Waals surface area contributed by atoms with E-state index in [1.807, 2.05) is 21.1 Å². The van der Waals surface area contributed by atoms with Gasteiger partial charge >= 0.3 is 19.8 Å². The smallest absolute Gasteiger partial charge is 0.462 e. The van der Waals surface area contributed by atoms with E-state index < -0.39 is 32.5 Å². The Morgan fingerprint density at radius 1 is 0.471 bits per heavy atom. The maximum absolute atomic E-state index is 12.6. The Hall–Kier alpha value is -4.11.